The number of ether oxygens (including phenoxy) is 1. The van der Waals surface area contributed by atoms with Gasteiger partial charge in [0.05, 0.1) is 22.3 Å². The second kappa shape index (κ2) is 6.44. The predicted octanol–water partition coefficient (Wildman–Crippen LogP) is 4.10. The van der Waals surface area contributed by atoms with Crippen LogP contribution in [0.1, 0.15) is 6.92 Å². The number of benzene rings is 1. The van der Waals surface area contributed by atoms with Crippen LogP contribution in [0.15, 0.2) is 12.1 Å². The maximum Gasteiger partial charge on any atom is 0.0720 e. The molecular weight excluding hydrogens is 256 g/mol. The van der Waals surface area contributed by atoms with Gasteiger partial charge in [0.15, 0.2) is 0 Å². The maximum atomic E-state index is 5.98. The van der Waals surface area contributed by atoms with Crippen LogP contribution in [-0.2, 0) is 4.74 Å². The first-order valence-electron chi connectivity index (χ1n) is 4.61. The average Bonchev–Trinajstić information content (AvgIpc) is 2.15. The molecule has 1 aromatic carbocycles. The molecule has 0 aromatic heterocycles. The number of hydrogen-bond donors (Lipinski definition) is 1. The van der Waals surface area contributed by atoms with Gasteiger partial charge in [-0.25, -0.2) is 0 Å². The summed E-state index contributed by atoms with van der Waals surface area (Å²) in [6.45, 7) is 3.92. The van der Waals surface area contributed by atoms with Crippen molar-refractivity contribution in [2.24, 2.45) is 0 Å². The number of nitrogens with one attached hydrogen (secondary N) is 1. The first kappa shape index (κ1) is 12.9. The van der Waals surface area contributed by atoms with Crippen molar-refractivity contribution in [1.82, 2.24) is 0 Å². The van der Waals surface area contributed by atoms with E-state index >= 15 is 0 Å². The van der Waals surface area contributed by atoms with Crippen LogP contribution in [0.5, 0.6) is 0 Å². The van der Waals surface area contributed by atoms with E-state index in [1.54, 1.807) is 12.1 Å². The Morgan fingerprint density at radius 2 is 1.80 bits per heavy atom. The highest BCUT2D eigenvalue weighted by atomic mass is 35.5. The van der Waals surface area contributed by atoms with E-state index in [1.165, 1.54) is 0 Å². The van der Waals surface area contributed by atoms with Gasteiger partial charge < -0.3 is 10.1 Å². The summed E-state index contributed by atoms with van der Waals surface area (Å²) in [6.07, 6.45) is 0. The average molecular weight is 269 g/mol. The zero-order valence-corrected chi connectivity index (χ0v) is 10.6. The van der Waals surface area contributed by atoms with Gasteiger partial charge in [-0.1, -0.05) is 34.8 Å². The van der Waals surface area contributed by atoms with Crippen LogP contribution >= 0.6 is 34.8 Å². The summed E-state index contributed by atoms with van der Waals surface area (Å²) >= 11 is 17.7. The maximum absolute atomic E-state index is 5.98. The number of anilines is 1. The van der Waals surface area contributed by atoms with Gasteiger partial charge in [-0.2, -0.15) is 0 Å². The van der Waals surface area contributed by atoms with Gasteiger partial charge in [-0.15, -0.1) is 0 Å². The van der Waals surface area contributed by atoms with Crippen molar-refractivity contribution in [3.63, 3.8) is 0 Å². The molecule has 84 valence electrons. The molecule has 5 heteroatoms. The highest BCUT2D eigenvalue weighted by Crippen LogP contribution is 2.33. The highest BCUT2D eigenvalue weighted by Gasteiger charge is 2.06. The van der Waals surface area contributed by atoms with E-state index in [0.29, 0.717) is 40.5 Å². The molecular formula is C10H12Cl3NO. The second-order valence-electron chi connectivity index (χ2n) is 2.87. The second-order valence-corrected chi connectivity index (χ2v) is 4.12. The largest absolute Gasteiger partial charge is 0.380 e. The molecule has 0 aliphatic carbocycles. The van der Waals surface area contributed by atoms with E-state index in [1.807, 2.05) is 6.92 Å². The van der Waals surface area contributed by atoms with Gasteiger partial charge in [0, 0.05) is 18.2 Å². The van der Waals surface area contributed by atoms with E-state index in [-0.39, 0.29) is 0 Å². The van der Waals surface area contributed by atoms with Crippen molar-refractivity contribution in [3.05, 3.63) is 27.2 Å². The third-order valence-electron chi connectivity index (χ3n) is 1.76. The Labute approximate surface area is 104 Å². The lowest BCUT2D eigenvalue weighted by Crippen LogP contribution is -2.09. The molecule has 0 unspecified atom stereocenters. The summed E-state index contributed by atoms with van der Waals surface area (Å²) in [7, 11) is 0. The summed E-state index contributed by atoms with van der Waals surface area (Å²) < 4.78 is 5.18. The van der Waals surface area contributed by atoms with Crippen molar-refractivity contribution in [1.29, 1.82) is 0 Å². The molecule has 0 bridgehead atoms. The molecule has 1 N–H and O–H groups in total. The van der Waals surface area contributed by atoms with E-state index in [0.717, 1.165) is 0 Å². The van der Waals surface area contributed by atoms with Gasteiger partial charge in [0.1, 0.15) is 0 Å². The standard InChI is InChI=1S/C10H12Cl3NO/c1-2-15-4-3-14-10-8(12)5-7(11)6-9(10)13/h5-6,14H,2-4H2,1H3. The van der Waals surface area contributed by atoms with E-state index in [9.17, 15) is 0 Å². The van der Waals surface area contributed by atoms with E-state index < -0.39 is 0 Å². The van der Waals surface area contributed by atoms with Crippen LogP contribution in [0.3, 0.4) is 0 Å². The smallest absolute Gasteiger partial charge is 0.0720 e. The topological polar surface area (TPSA) is 21.3 Å². The normalized spacial score (nSPS) is 10.4. The number of hydrogen-bond acceptors (Lipinski definition) is 2. The zero-order chi connectivity index (χ0) is 11.3. The molecule has 0 atom stereocenters. The molecule has 0 fully saturated rings. The molecule has 0 aliphatic rings. The zero-order valence-electron chi connectivity index (χ0n) is 8.32. The summed E-state index contributed by atoms with van der Waals surface area (Å²) in [5, 5.41) is 4.66. The fourth-order valence-corrected chi connectivity index (χ4v) is 2.05. The van der Waals surface area contributed by atoms with Gasteiger partial charge in [-0.05, 0) is 19.1 Å². The van der Waals surface area contributed by atoms with Crippen LogP contribution < -0.4 is 5.32 Å². The Hall–Kier alpha value is -0.150. The lowest BCUT2D eigenvalue weighted by Gasteiger charge is -2.10. The Morgan fingerprint density at radius 1 is 1.20 bits per heavy atom. The van der Waals surface area contributed by atoms with Crippen LogP contribution in [0.4, 0.5) is 5.69 Å². The Morgan fingerprint density at radius 3 is 2.33 bits per heavy atom. The van der Waals surface area contributed by atoms with Gasteiger partial charge in [0.2, 0.25) is 0 Å². The fourth-order valence-electron chi connectivity index (χ4n) is 1.10. The SMILES string of the molecule is CCOCCNc1c(Cl)cc(Cl)cc1Cl. The van der Waals surface area contributed by atoms with Gasteiger partial charge in [0.25, 0.3) is 0 Å². The van der Waals surface area contributed by atoms with Crippen molar-refractivity contribution in [2.45, 2.75) is 6.92 Å². The van der Waals surface area contributed by atoms with Crippen LogP contribution in [0.25, 0.3) is 0 Å². The van der Waals surface area contributed by atoms with E-state index in [2.05, 4.69) is 5.32 Å². The minimum Gasteiger partial charge on any atom is -0.380 e. The minimum absolute atomic E-state index is 0.518. The Kier molecular flexibility index (Phi) is 5.54. The Bertz CT molecular complexity index is 307. The fraction of sp³-hybridized carbons (Fsp3) is 0.400. The number of halogens is 3. The lowest BCUT2D eigenvalue weighted by molar-refractivity contribution is 0.158. The molecule has 1 rings (SSSR count). The first-order chi connectivity index (χ1) is 7.15. The van der Waals surface area contributed by atoms with Crippen molar-refractivity contribution in [3.8, 4) is 0 Å². The summed E-state index contributed by atoms with van der Waals surface area (Å²) in [6, 6.07) is 3.30. The first-order valence-corrected chi connectivity index (χ1v) is 5.74. The minimum atomic E-state index is 0.518. The molecule has 0 radical (unpaired) electrons. The van der Waals surface area contributed by atoms with Crippen molar-refractivity contribution >= 4 is 40.5 Å². The molecule has 0 saturated heterocycles. The summed E-state index contributed by atoms with van der Waals surface area (Å²) in [5.74, 6) is 0. The number of rotatable bonds is 5. The molecule has 0 heterocycles. The highest BCUT2D eigenvalue weighted by molar-refractivity contribution is 6.41. The summed E-state index contributed by atoms with van der Waals surface area (Å²) in [4.78, 5) is 0. The van der Waals surface area contributed by atoms with E-state index in [4.69, 9.17) is 39.5 Å². The summed E-state index contributed by atoms with van der Waals surface area (Å²) in [5.41, 5.74) is 0.697. The predicted molar refractivity (Wildman–Crippen MR) is 66.5 cm³/mol. The molecule has 2 nitrogen and oxygen atoms in total. The Balaban J connectivity index is 2.60. The van der Waals surface area contributed by atoms with Crippen molar-refractivity contribution in [2.75, 3.05) is 25.1 Å². The molecule has 15 heavy (non-hydrogen) atoms. The lowest BCUT2D eigenvalue weighted by atomic mass is 10.3. The molecule has 0 spiro atoms. The molecule has 0 saturated carbocycles. The van der Waals surface area contributed by atoms with Crippen LogP contribution in [-0.4, -0.2) is 19.8 Å². The van der Waals surface area contributed by atoms with Gasteiger partial charge in [-0.3, -0.25) is 0 Å². The quantitative estimate of drug-likeness (QED) is 0.812. The third kappa shape index (κ3) is 4.07. The molecule has 0 aliphatic heterocycles. The molecule has 1 aromatic rings. The van der Waals surface area contributed by atoms with Crippen LogP contribution in [0, 0.1) is 0 Å². The van der Waals surface area contributed by atoms with Crippen LogP contribution in [0.2, 0.25) is 15.1 Å². The third-order valence-corrected chi connectivity index (χ3v) is 2.57. The van der Waals surface area contributed by atoms with Crippen molar-refractivity contribution < 1.29 is 4.74 Å². The monoisotopic (exact) mass is 267 g/mol. The van der Waals surface area contributed by atoms with Gasteiger partial charge >= 0.3 is 0 Å². The molecule has 0 amide bonds.